The maximum atomic E-state index is 12.2. The zero-order chi connectivity index (χ0) is 14.6. The third kappa shape index (κ3) is 4.45. The summed E-state index contributed by atoms with van der Waals surface area (Å²) in [7, 11) is 0. The van der Waals surface area contributed by atoms with Crippen molar-refractivity contribution in [3.63, 3.8) is 0 Å². The molecule has 1 atom stereocenters. The minimum atomic E-state index is -4.24. The molecule has 2 rings (SSSR count). The van der Waals surface area contributed by atoms with Crippen molar-refractivity contribution in [1.29, 1.82) is 0 Å². The van der Waals surface area contributed by atoms with Crippen molar-refractivity contribution in [1.82, 2.24) is 0 Å². The van der Waals surface area contributed by atoms with E-state index in [9.17, 15) is 13.2 Å². The Morgan fingerprint density at radius 1 is 1.20 bits per heavy atom. The highest BCUT2D eigenvalue weighted by molar-refractivity contribution is 8.00. The van der Waals surface area contributed by atoms with E-state index in [1.165, 1.54) is 17.0 Å². The number of thioether (sulfide) groups is 1. The summed E-state index contributed by atoms with van der Waals surface area (Å²) in [5.74, 6) is 0. The van der Waals surface area contributed by atoms with Gasteiger partial charge in [-0.15, -0.1) is 11.3 Å². The molecule has 108 valence electrons. The van der Waals surface area contributed by atoms with Crippen LogP contribution in [0.25, 0.3) is 0 Å². The van der Waals surface area contributed by atoms with Gasteiger partial charge in [-0.05, 0) is 53.9 Å². The van der Waals surface area contributed by atoms with Gasteiger partial charge in [0.1, 0.15) is 0 Å². The van der Waals surface area contributed by atoms with E-state index < -0.39 is 5.51 Å². The lowest BCUT2D eigenvalue weighted by molar-refractivity contribution is -0.0328. The van der Waals surface area contributed by atoms with Gasteiger partial charge in [0.25, 0.3) is 0 Å². The van der Waals surface area contributed by atoms with Crippen LogP contribution in [0.4, 0.5) is 18.9 Å². The fraction of sp³-hybridized carbons (Fsp3) is 0.286. The Kier molecular flexibility index (Phi) is 4.99. The van der Waals surface area contributed by atoms with Crippen molar-refractivity contribution in [3.05, 3.63) is 46.7 Å². The van der Waals surface area contributed by atoms with Gasteiger partial charge in [0.05, 0.1) is 6.04 Å². The first-order valence-electron chi connectivity index (χ1n) is 6.13. The Balaban J connectivity index is 2.03. The quantitative estimate of drug-likeness (QED) is 0.687. The first-order chi connectivity index (χ1) is 9.48. The van der Waals surface area contributed by atoms with Crippen LogP contribution in [0.2, 0.25) is 0 Å². The van der Waals surface area contributed by atoms with Crippen molar-refractivity contribution in [3.8, 4) is 0 Å². The third-order valence-corrected chi connectivity index (χ3v) is 4.45. The minimum absolute atomic E-state index is 0.0939. The molecule has 0 spiro atoms. The van der Waals surface area contributed by atoms with Crippen molar-refractivity contribution in [2.24, 2.45) is 0 Å². The molecule has 1 aromatic heterocycles. The molecule has 1 nitrogen and oxygen atoms in total. The van der Waals surface area contributed by atoms with E-state index in [1.54, 1.807) is 23.5 Å². The van der Waals surface area contributed by atoms with Crippen LogP contribution < -0.4 is 5.32 Å². The molecule has 0 saturated carbocycles. The highest BCUT2D eigenvalue weighted by Gasteiger charge is 2.29. The molecule has 0 aliphatic rings. The molecule has 1 unspecified atom stereocenters. The summed E-state index contributed by atoms with van der Waals surface area (Å²) in [5.41, 5.74) is -3.41. The van der Waals surface area contributed by atoms with Crippen LogP contribution in [-0.2, 0) is 0 Å². The summed E-state index contributed by atoms with van der Waals surface area (Å²) >= 11 is 1.58. The van der Waals surface area contributed by atoms with Crippen LogP contribution in [0, 0.1) is 0 Å². The van der Waals surface area contributed by atoms with Crippen LogP contribution in [0.15, 0.2) is 46.7 Å². The van der Waals surface area contributed by atoms with Crippen molar-refractivity contribution >= 4 is 28.8 Å². The van der Waals surface area contributed by atoms with Crippen LogP contribution in [0.5, 0.6) is 0 Å². The summed E-state index contributed by atoms with van der Waals surface area (Å²) < 4.78 is 36.7. The van der Waals surface area contributed by atoms with Gasteiger partial charge < -0.3 is 5.32 Å². The second-order valence-electron chi connectivity index (χ2n) is 4.19. The number of thiophene rings is 1. The van der Waals surface area contributed by atoms with E-state index in [2.05, 4.69) is 18.3 Å². The lowest BCUT2D eigenvalue weighted by Crippen LogP contribution is -2.07. The fourth-order valence-electron chi connectivity index (χ4n) is 1.82. The van der Waals surface area contributed by atoms with E-state index in [1.807, 2.05) is 11.4 Å². The maximum Gasteiger partial charge on any atom is 0.446 e. The summed E-state index contributed by atoms with van der Waals surface area (Å²) in [6, 6.07) is 10.6. The molecule has 6 heteroatoms. The normalized spacial score (nSPS) is 13.2. The summed E-state index contributed by atoms with van der Waals surface area (Å²) in [5, 5.41) is 5.36. The summed E-state index contributed by atoms with van der Waals surface area (Å²) in [6.07, 6.45) is 0.916. The molecule has 0 amide bonds. The zero-order valence-corrected chi connectivity index (χ0v) is 12.4. The number of hydrogen-bond acceptors (Lipinski definition) is 3. The number of rotatable bonds is 5. The highest BCUT2D eigenvalue weighted by Crippen LogP contribution is 2.37. The lowest BCUT2D eigenvalue weighted by Gasteiger charge is -2.17. The van der Waals surface area contributed by atoms with Gasteiger partial charge in [0, 0.05) is 15.5 Å². The van der Waals surface area contributed by atoms with Crippen molar-refractivity contribution < 1.29 is 13.2 Å². The van der Waals surface area contributed by atoms with E-state index >= 15 is 0 Å². The topological polar surface area (TPSA) is 12.0 Å². The summed E-state index contributed by atoms with van der Waals surface area (Å²) in [6.45, 7) is 2.07. The number of halogens is 3. The van der Waals surface area contributed by atoms with Gasteiger partial charge in [-0.25, -0.2) is 0 Å². The number of benzene rings is 1. The number of hydrogen-bond donors (Lipinski definition) is 1. The second kappa shape index (κ2) is 6.54. The molecule has 2 aromatic rings. The van der Waals surface area contributed by atoms with Crippen molar-refractivity contribution in [2.75, 3.05) is 5.32 Å². The van der Waals surface area contributed by atoms with Crippen LogP contribution in [0.3, 0.4) is 0 Å². The first-order valence-corrected chi connectivity index (χ1v) is 7.83. The van der Waals surface area contributed by atoms with E-state index in [0.717, 1.165) is 12.1 Å². The summed E-state index contributed by atoms with van der Waals surface area (Å²) in [4.78, 5) is 1.42. The standard InChI is InChI=1S/C14H14F3NS2/c1-2-12(13-4-3-9-19-13)18-10-5-7-11(8-6-10)20-14(15,16)17/h3-9,12,18H,2H2,1H3. The lowest BCUT2D eigenvalue weighted by atomic mass is 10.1. The molecule has 0 aliphatic heterocycles. The van der Waals surface area contributed by atoms with Crippen LogP contribution >= 0.6 is 23.1 Å². The average molecular weight is 317 g/mol. The molecule has 1 heterocycles. The van der Waals surface area contributed by atoms with Gasteiger partial charge in [-0.1, -0.05) is 13.0 Å². The van der Waals surface area contributed by atoms with Gasteiger partial charge in [0.2, 0.25) is 0 Å². The predicted octanol–water partition coefficient (Wildman–Crippen LogP) is 5.92. The predicted molar refractivity (Wildman–Crippen MR) is 79.3 cm³/mol. The molecule has 20 heavy (non-hydrogen) atoms. The van der Waals surface area contributed by atoms with Crippen LogP contribution in [-0.4, -0.2) is 5.51 Å². The maximum absolute atomic E-state index is 12.2. The largest absolute Gasteiger partial charge is 0.446 e. The molecule has 1 N–H and O–H groups in total. The Labute approximate surface area is 124 Å². The number of alkyl halides is 3. The molecule has 0 bridgehead atoms. The number of nitrogens with one attached hydrogen (secondary N) is 1. The molecule has 0 fully saturated rings. The second-order valence-corrected chi connectivity index (χ2v) is 6.31. The molecular formula is C14H14F3NS2. The van der Waals surface area contributed by atoms with Crippen LogP contribution in [0.1, 0.15) is 24.3 Å². The monoisotopic (exact) mass is 317 g/mol. The Bertz CT molecular complexity index is 520. The zero-order valence-electron chi connectivity index (χ0n) is 10.8. The molecule has 1 aromatic carbocycles. The van der Waals surface area contributed by atoms with Gasteiger partial charge in [-0.3, -0.25) is 0 Å². The van der Waals surface area contributed by atoms with Gasteiger partial charge >= 0.3 is 5.51 Å². The third-order valence-electron chi connectivity index (χ3n) is 2.72. The minimum Gasteiger partial charge on any atom is -0.377 e. The first kappa shape index (κ1) is 15.3. The highest BCUT2D eigenvalue weighted by atomic mass is 32.2. The SMILES string of the molecule is CCC(Nc1ccc(SC(F)(F)F)cc1)c1cccs1. The molecule has 0 aliphatic carbocycles. The van der Waals surface area contributed by atoms with E-state index in [0.29, 0.717) is 0 Å². The molecular weight excluding hydrogens is 303 g/mol. The Morgan fingerprint density at radius 3 is 2.40 bits per heavy atom. The average Bonchev–Trinajstić information content (AvgIpc) is 2.90. The molecule has 0 radical (unpaired) electrons. The van der Waals surface area contributed by atoms with E-state index in [4.69, 9.17) is 0 Å². The van der Waals surface area contributed by atoms with Gasteiger partial charge in [0.15, 0.2) is 0 Å². The smallest absolute Gasteiger partial charge is 0.377 e. The fourth-order valence-corrected chi connectivity index (χ4v) is 3.22. The Hall–Kier alpha value is -1.14. The van der Waals surface area contributed by atoms with E-state index in [-0.39, 0.29) is 22.7 Å². The van der Waals surface area contributed by atoms with Gasteiger partial charge in [-0.2, -0.15) is 13.2 Å². The van der Waals surface area contributed by atoms with Crippen molar-refractivity contribution in [2.45, 2.75) is 29.8 Å². The number of anilines is 1. The molecule has 0 saturated heterocycles. The Morgan fingerprint density at radius 2 is 1.90 bits per heavy atom.